The Bertz CT molecular complexity index is 740. The number of ether oxygens (including phenoxy) is 1. The van der Waals surface area contributed by atoms with E-state index in [-0.39, 0.29) is 28.6 Å². The van der Waals surface area contributed by atoms with Gasteiger partial charge in [-0.1, -0.05) is 41.0 Å². The smallest absolute Gasteiger partial charge is 0.293 e. The van der Waals surface area contributed by atoms with E-state index in [1.165, 1.54) is 0 Å². The summed E-state index contributed by atoms with van der Waals surface area (Å²) in [6.45, 7) is 10.3. The van der Waals surface area contributed by atoms with Crippen LogP contribution in [0.5, 0.6) is 0 Å². The van der Waals surface area contributed by atoms with Crippen molar-refractivity contribution in [2.75, 3.05) is 0 Å². The van der Waals surface area contributed by atoms with Crippen LogP contribution in [0.1, 0.15) is 60.3 Å². The van der Waals surface area contributed by atoms with Crippen LogP contribution in [0.4, 0.5) is 0 Å². The summed E-state index contributed by atoms with van der Waals surface area (Å²) in [5.74, 6) is -1.50. The highest BCUT2D eigenvalue weighted by Gasteiger charge is 2.58. The molecular weight excluding hydrogens is 332 g/mol. The van der Waals surface area contributed by atoms with E-state index >= 15 is 0 Å². The van der Waals surface area contributed by atoms with E-state index in [0.717, 1.165) is 19.3 Å². The average molecular weight is 360 g/mol. The normalized spacial score (nSPS) is 33.9. The number of rotatable bonds is 3. The van der Waals surface area contributed by atoms with Gasteiger partial charge in [-0.25, -0.2) is 0 Å². The molecule has 3 aliphatic rings. The fourth-order valence-electron chi connectivity index (χ4n) is 5.67. The molecule has 3 atom stereocenters. The molecule has 0 unspecified atom stereocenters. The fraction of sp³-hybridized carbons (Fsp3) is 0.667. The fourth-order valence-corrected chi connectivity index (χ4v) is 5.67. The number of carbonyl (C=O) groups excluding carboxylic acids is 3. The first-order valence-electron chi connectivity index (χ1n) is 9.42. The van der Waals surface area contributed by atoms with Gasteiger partial charge in [0.05, 0.1) is 0 Å². The van der Waals surface area contributed by atoms with Gasteiger partial charge in [0.2, 0.25) is 11.6 Å². The molecule has 142 valence electrons. The highest BCUT2D eigenvalue weighted by Crippen LogP contribution is 2.61. The molecule has 0 aliphatic heterocycles. The Morgan fingerprint density at radius 1 is 1.15 bits per heavy atom. The monoisotopic (exact) mass is 360 g/mol. The number of hydrogen-bond donors (Lipinski definition) is 1. The second-order valence-electron chi connectivity index (χ2n) is 9.13. The lowest BCUT2D eigenvalue weighted by Gasteiger charge is -2.56. The van der Waals surface area contributed by atoms with Crippen LogP contribution in [-0.4, -0.2) is 29.2 Å². The van der Waals surface area contributed by atoms with E-state index in [4.69, 9.17) is 4.74 Å². The van der Waals surface area contributed by atoms with Crippen molar-refractivity contribution in [1.29, 1.82) is 0 Å². The molecule has 0 bridgehead atoms. The van der Waals surface area contributed by atoms with Crippen LogP contribution in [0.3, 0.4) is 0 Å². The van der Waals surface area contributed by atoms with Gasteiger partial charge in [-0.2, -0.15) is 0 Å². The summed E-state index contributed by atoms with van der Waals surface area (Å²) in [5, 5.41) is 10.9. The molecule has 0 saturated heterocycles. The Hall–Kier alpha value is -1.91. The van der Waals surface area contributed by atoms with Gasteiger partial charge in [0.15, 0.2) is 0 Å². The van der Waals surface area contributed by atoms with Crippen molar-refractivity contribution >= 4 is 18.0 Å². The van der Waals surface area contributed by atoms with Gasteiger partial charge in [-0.15, -0.1) is 0 Å². The van der Waals surface area contributed by atoms with Crippen LogP contribution in [0.15, 0.2) is 22.5 Å². The standard InChI is InChI=1S/C21H28O5/c1-11(2)14-17(23)15-12(26-10-22)9-13-20(3,4)7-6-8-21(13,5)16(15)19(25)18(14)24/h10-13,23H,6-9H2,1-5H3/t12-,13+,21+/m1/s1. The van der Waals surface area contributed by atoms with Crippen molar-refractivity contribution in [2.24, 2.45) is 22.7 Å². The molecule has 1 fully saturated rings. The lowest BCUT2D eigenvalue weighted by molar-refractivity contribution is -0.139. The first-order valence-corrected chi connectivity index (χ1v) is 9.42. The number of aliphatic hydroxyl groups is 1. The van der Waals surface area contributed by atoms with Crippen LogP contribution in [0.25, 0.3) is 0 Å². The number of aliphatic hydroxyl groups excluding tert-OH is 1. The van der Waals surface area contributed by atoms with Gasteiger partial charge >= 0.3 is 0 Å². The molecule has 3 aliphatic carbocycles. The summed E-state index contributed by atoms with van der Waals surface area (Å²) in [6.07, 6.45) is 2.63. The van der Waals surface area contributed by atoms with E-state index in [1.807, 2.05) is 6.92 Å². The minimum atomic E-state index is -0.691. The molecule has 1 saturated carbocycles. The predicted molar refractivity (Wildman–Crippen MR) is 96.3 cm³/mol. The Labute approximate surface area is 154 Å². The van der Waals surface area contributed by atoms with Crippen molar-refractivity contribution in [1.82, 2.24) is 0 Å². The topological polar surface area (TPSA) is 80.7 Å². The zero-order valence-electron chi connectivity index (χ0n) is 16.2. The zero-order valence-corrected chi connectivity index (χ0v) is 16.2. The van der Waals surface area contributed by atoms with Gasteiger partial charge in [-0.3, -0.25) is 14.4 Å². The van der Waals surface area contributed by atoms with Crippen LogP contribution in [0.2, 0.25) is 0 Å². The zero-order chi connectivity index (χ0) is 19.4. The number of hydrogen-bond acceptors (Lipinski definition) is 5. The largest absolute Gasteiger partial charge is 0.507 e. The number of allylic oxidation sites excluding steroid dienone is 2. The Morgan fingerprint density at radius 3 is 2.38 bits per heavy atom. The number of ketones is 2. The third kappa shape index (κ3) is 2.47. The SMILES string of the molecule is CC(C)C1=C(O)C2=C(C(=O)C1=O)[C@@]1(C)CCCC(C)(C)[C@@H]1C[C@H]2OC=O. The molecule has 0 radical (unpaired) electrons. The van der Waals surface area contributed by atoms with Gasteiger partial charge in [0.25, 0.3) is 6.47 Å². The summed E-state index contributed by atoms with van der Waals surface area (Å²) in [7, 11) is 0. The molecule has 0 spiro atoms. The van der Waals surface area contributed by atoms with Crippen LogP contribution < -0.4 is 0 Å². The van der Waals surface area contributed by atoms with Gasteiger partial charge in [0, 0.05) is 22.1 Å². The minimum absolute atomic E-state index is 0.0446. The Morgan fingerprint density at radius 2 is 1.81 bits per heavy atom. The quantitative estimate of drug-likeness (QED) is 0.472. The third-order valence-electron chi connectivity index (χ3n) is 6.83. The van der Waals surface area contributed by atoms with Crippen LogP contribution in [-0.2, 0) is 19.1 Å². The maximum absolute atomic E-state index is 13.1. The van der Waals surface area contributed by atoms with Crippen molar-refractivity contribution < 1.29 is 24.2 Å². The molecule has 1 N–H and O–H groups in total. The summed E-state index contributed by atoms with van der Waals surface area (Å²) < 4.78 is 5.33. The van der Waals surface area contributed by atoms with E-state index in [2.05, 4.69) is 13.8 Å². The van der Waals surface area contributed by atoms with Crippen molar-refractivity contribution in [3.8, 4) is 0 Å². The second-order valence-corrected chi connectivity index (χ2v) is 9.13. The lowest BCUT2D eigenvalue weighted by Crippen LogP contribution is -2.53. The van der Waals surface area contributed by atoms with Gasteiger partial charge < -0.3 is 9.84 Å². The molecule has 3 rings (SSSR count). The molecule has 0 heterocycles. The first-order chi connectivity index (χ1) is 12.1. The number of fused-ring (bicyclic) bond motifs is 2. The second kappa shape index (κ2) is 6.07. The van der Waals surface area contributed by atoms with E-state index in [9.17, 15) is 19.5 Å². The summed E-state index contributed by atoms with van der Waals surface area (Å²) >= 11 is 0. The highest BCUT2D eigenvalue weighted by molar-refractivity contribution is 6.50. The highest BCUT2D eigenvalue weighted by atomic mass is 16.5. The average Bonchev–Trinajstić information content (AvgIpc) is 2.52. The molecule has 0 aromatic heterocycles. The maximum atomic E-state index is 13.1. The number of Topliss-reactive ketones (excluding diaryl/α,β-unsaturated/α-hetero) is 2. The minimum Gasteiger partial charge on any atom is -0.507 e. The van der Waals surface area contributed by atoms with Crippen molar-refractivity contribution in [3.05, 3.63) is 22.5 Å². The van der Waals surface area contributed by atoms with E-state index in [0.29, 0.717) is 24.0 Å². The Balaban J connectivity index is 2.30. The molecule has 26 heavy (non-hydrogen) atoms. The van der Waals surface area contributed by atoms with Crippen molar-refractivity contribution in [3.63, 3.8) is 0 Å². The Kier molecular flexibility index (Phi) is 4.40. The summed E-state index contributed by atoms with van der Waals surface area (Å²) in [5.41, 5.74) is 0.326. The molecule has 5 nitrogen and oxygen atoms in total. The number of carbonyl (C=O) groups is 3. The van der Waals surface area contributed by atoms with Crippen LogP contribution in [0, 0.1) is 22.7 Å². The first kappa shape index (κ1) is 18.9. The third-order valence-corrected chi connectivity index (χ3v) is 6.83. The van der Waals surface area contributed by atoms with Crippen molar-refractivity contribution in [2.45, 2.75) is 66.4 Å². The van der Waals surface area contributed by atoms with Crippen LogP contribution >= 0.6 is 0 Å². The molecule has 5 heteroatoms. The van der Waals surface area contributed by atoms with E-state index < -0.39 is 23.1 Å². The molecule has 0 amide bonds. The van der Waals surface area contributed by atoms with E-state index in [1.54, 1.807) is 13.8 Å². The molecular formula is C21H28O5. The van der Waals surface area contributed by atoms with Gasteiger partial charge in [0.1, 0.15) is 11.9 Å². The molecule has 0 aromatic rings. The lowest BCUT2D eigenvalue weighted by atomic mass is 9.48. The van der Waals surface area contributed by atoms with Gasteiger partial charge in [-0.05, 0) is 36.5 Å². The summed E-state index contributed by atoms with van der Waals surface area (Å²) in [4.78, 5) is 37.0. The summed E-state index contributed by atoms with van der Waals surface area (Å²) in [6, 6.07) is 0. The molecule has 0 aromatic carbocycles. The maximum Gasteiger partial charge on any atom is 0.293 e. The predicted octanol–water partition coefficient (Wildman–Crippen LogP) is 3.68.